The second-order valence-electron chi connectivity index (χ2n) is 8.99. The van der Waals surface area contributed by atoms with Gasteiger partial charge in [-0.1, -0.05) is 12.1 Å². The predicted octanol–water partition coefficient (Wildman–Crippen LogP) is 4.63. The number of nitrogens with two attached hydrogens (primary N) is 1. The highest BCUT2D eigenvalue weighted by molar-refractivity contribution is 14.1. The van der Waals surface area contributed by atoms with Gasteiger partial charge in [-0.25, -0.2) is 19.9 Å². The summed E-state index contributed by atoms with van der Waals surface area (Å²) in [6, 6.07) is 9.03. The molecule has 1 unspecified atom stereocenters. The highest BCUT2D eigenvalue weighted by Gasteiger charge is 2.56. The number of anilines is 2. The number of imidazole rings is 1. The molecule has 1 atom stereocenters. The molecule has 0 saturated carbocycles. The van der Waals surface area contributed by atoms with E-state index in [1.54, 1.807) is 25.1 Å². The number of fused-ring (bicyclic) bond motifs is 2. The number of hydrogen-bond donors (Lipinski definition) is 2. The first-order valence-corrected chi connectivity index (χ1v) is 12.3. The average molecular weight is 654 g/mol. The van der Waals surface area contributed by atoms with Crippen LogP contribution >= 0.6 is 22.6 Å². The Bertz CT molecular complexity index is 1680. The Balaban J connectivity index is 1.60. The van der Waals surface area contributed by atoms with E-state index in [4.69, 9.17) is 5.73 Å². The highest BCUT2D eigenvalue weighted by Crippen LogP contribution is 2.45. The number of nitrogens with one attached hydrogen (secondary N) is 1. The summed E-state index contributed by atoms with van der Waals surface area (Å²) in [4.78, 5) is 30.0. The molecule has 1 aliphatic rings. The minimum Gasteiger partial charge on any atom is -0.383 e. The molecule has 0 fully saturated rings. The third-order valence-electron chi connectivity index (χ3n) is 6.49. The molecule has 0 bridgehead atoms. The Kier molecular flexibility index (Phi) is 6.20. The number of rotatable bonds is 5. The lowest BCUT2D eigenvalue weighted by atomic mass is 9.78. The molecule has 1 aromatic carbocycles. The summed E-state index contributed by atoms with van der Waals surface area (Å²) in [5.74, 6) is -5.42. The smallest absolute Gasteiger partial charge is 0.383 e. The van der Waals surface area contributed by atoms with Crippen molar-refractivity contribution in [1.29, 1.82) is 5.26 Å². The van der Waals surface area contributed by atoms with Crippen LogP contribution in [0.3, 0.4) is 0 Å². The molecule has 9 nitrogen and oxygen atoms in total. The van der Waals surface area contributed by atoms with E-state index in [2.05, 4.69) is 47.8 Å². The van der Waals surface area contributed by atoms with E-state index in [0.29, 0.717) is 11.1 Å². The van der Waals surface area contributed by atoms with Gasteiger partial charge >= 0.3 is 12.1 Å². The summed E-state index contributed by atoms with van der Waals surface area (Å²) in [6.07, 6.45) is -5.54. The van der Waals surface area contributed by atoms with E-state index in [0.717, 1.165) is 3.57 Å². The third-order valence-corrected chi connectivity index (χ3v) is 7.21. The first kappa shape index (κ1) is 26.7. The minimum atomic E-state index is -5.74. The second kappa shape index (κ2) is 9.07. The SMILES string of the molecule is CC1(c2ccc(I)cc2)C(=O)Nc2nc(-c3cn4cc(C#N)nc4c(CCC(F)(F)C(F)(F)F)n3)nc(N)c21. The van der Waals surface area contributed by atoms with Crippen LogP contribution in [0.2, 0.25) is 0 Å². The lowest BCUT2D eigenvalue weighted by Gasteiger charge is -2.23. The van der Waals surface area contributed by atoms with Crippen LogP contribution in [0.15, 0.2) is 36.7 Å². The van der Waals surface area contributed by atoms with Crippen molar-refractivity contribution >= 4 is 45.8 Å². The van der Waals surface area contributed by atoms with Crippen LogP contribution in [0.1, 0.15) is 35.9 Å². The Labute approximate surface area is 230 Å². The number of benzene rings is 1. The summed E-state index contributed by atoms with van der Waals surface area (Å²) in [5, 5.41) is 11.9. The molecule has 39 heavy (non-hydrogen) atoms. The maximum absolute atomic E-state index is 13.7. The van der Waals surface area contributed by atoms with Crippen molar-refractivity contribution in [1.82, 2.24) is 24.3 Å². The molecule has 3 aromatic heterocycles. The number of nitrogens with zero attached hydrogens (tertiary/aromatic N) is 6. The summed E-state index contributed by atoms with van der Waals surface area (Å²) >= 11 is 2.13. The molecule has 0 aliphatic carbocycles. The van der Waals surface area contributed by atoms with Crippen molar-refractivity contribution in [2.24, 2.45) is 0 Å². The molecule has 15 heteroatoms. The molecule has 200 valence electrons. The molecule has 3 N–H and O–H groups in total. The number of nitriles is 1. The standard InChI is InChI=1S/C24H16F5IN8O/c1-22(11-2-4-12(30)5-3-11)16-17(32)35-18(36-19(16)37-21(22)39)15-10-38-9-13(8-31)33-20(38)14(34-15)6-7-23(25,26)24(27,28)29/h2-5,9-10H,6-7H2,1H3,(H3,32,35,36,37,39). The lowest BCUT2D eigenvalue weighted by molar-refractivity contribution is -0.284. The topological polar surface area (TPSA) is 135 Å². The second-order valence-corrected chi connectivity index (χ2v) is 10.2. The fourth-order valence-electron chi connectivity index (χ4n) is 4.39. The van der Waals surface area contributed by atoms with Gasteiger partial charge < -0.3 is 15.5 Å². The Morgan fingerprint density at radius 3 is 2.44 bits per heavy atom. The number of carbonyl (C=O) groups is 1. The molecule has 5 rings (SSSR count). The molecule has 0 radical (unpaired) electrons. The molecule has 4 aromatic rings. The number of aryl methyl sites for hydroxylation is 1. The van der Waals surface area contributed by atoms with Crippen molar-refractivity contribution in [2.45, 2.75) is 37.3 Å². The van der Waals surface area contributed by atoms with Crippen molar-refractivity contribution in [3.63, 3.8) is 0 Å². The Morgan fingerprint density at radius 1 is 1.10 bits per heavy atom. The van der Waals surface area contributed by atoms with Crippen LogP contribution in [-0.2, 0) is 16.6 Å². The van der Waals surface area contributed by atoms with Gasteiger partial charge in [0.25, 0.3) is 0 Å². The van der Waals surface area contributed by atoms with E-state index in [-0.39, 0.29) is 40.2 Å². The zero-order chi connectivity index (χ0) is 28.3. The van der Waals surface area contributed by atoms with E-state index in [9.17, 15) is 32.0 Å². The molecule has 0 spiro atoms. The fourth-order valence-corrected chi connectivity index (χ4v) is 4.75. The lowest BCUT2D eigenvalue weighted by Crippen LogP contribution is -2.36. The number of nitrogen functional groups attached to an aromatic ring is 1. The van der Waals surface area contributed by atoms with Crippen LogP contribution in [0.4, 0.5) is 33.6 Å². The number of halogens is 6. The maximum atomic E-state index is 13.7. The van der Waals surface area contributed by atoms with Gasteiger partial charge in [0.2, 0.25) is 5.91 Å². The molecule has 4 heterocycles. The van der Waals surface area contributed by atoms with Crippen molar-refractivity contribution < 1.29 is 26.7 Å². The van der Waals surface area contributed by atoms with Crippen LogP contribution in [0, 0.1) is 14.9 Å². The first-order chi connectivity index (χ1) is 18.2. The monoisotopic (exact) mass is 654 g/mol. The van der Waals surface area contributed by atoms with E-state index >= 15 is 0 Å². The number of hydrogen-bond acceptors (Lipinski definition) is 7. The molecular weight excluding hydrogens is 638 g/mol. The van der Waals surface area contributed by atoms with Crippen LogP contribution in [0.5, 0.6) is 0 Å². The number of alkyl halides is 5. The van der Waals surface area contributed by atoms with Gasteiger partial charge in [0, 0.05) is 22.4 Å². The molecule has 1 amide bonds. The first-order valence-electron chi connectivity index (χ1n) is 11.2. The predicted molar refractivity (Wildman–Crippen MR) is 137 cm³/mol. The van der Waals surface area contributed by atoms with Crippen LogP contribution < -0.4 is 11.1 Å². The third kappa shape index (κ3) is 4.41. The van der Waals surface area contributed by atoms with Gasteiger partial charge in [0.1, 0.15) is 28.8 Å². The zero-order valence-electron chi connectivity index (χ0n) is 19.8. The van der Waals surface area contributed by atoms with Crippen molar-refractivity contribution in [2.75, 3.05) is 11.1 Å². The highest BCUT2D eigenvalue weighted by atomic mass is 127. The van der Waals surface area contributed by atoms with Crippen LogP contribution in [0.25, 0.3) is 17.2 Å². The van der Waals surface area contributed by atoms with Crippen LogP contribution in [-0.4, -0.2) is 42.3 Å². The minimum absolute atomic E-state index is 0.0404. The number of carbonyl (C=O) groups excluding carboxylic acids is 1. The van der Waals surface area contributed by atoms with Gasteiger partial charge in [-0.3, -0.25) is 4.79 Å². The summed E-state index contributed by atoms with van der Waals surface area (Å²) in [5.41, 5.74) is 5.63. The Morgan fingerprint density at radius 2 is 1.79 bits per heavy atom. The summed E-state index contributed by atoms with van der Waals surface area (Å²) in [7, 11) is 0. The number of aromatic nitrogens is 5. The fraction of sp³-hybridized carbons (Fsp3) is 0.250. The summed E-state index contributed by atoms with van der Waals surface area (Å²) < 4.78 is 67.8. The average Bonchev–Trinajstić information content (AvgIpc) is 3.40. The summed E-state index contributed by atoms with van der Waals surface area (Å²) in [6.45, 7) is 1.67. The van der Waals surface area contributed by atoms with Gasteiger partial charge in [0.05, 0.1) is 11.3 Å². The normalized spacial score (nSPS) is 17.2. The van der Waals surface area contributed by atoms with Gasteiger partial charge in [0.15, 0.2) is 17.2 Å². The maximum Gasteiger partial charge on any atom is 0.453 e. The largest absolute Gasteiger partial charge is 0.453 e. The molecular formula is C24H16F5IN8O. The molecule has 0 saturated heterocycles. The zero-order valence-corrected chi connectivity index (χ0v) is 22.0. The Hall–Kier alpha value is -3.94. The van der Waals surface area contributed by atoms with E-state index < -0.39 is 36.3 Å². The quantitative estimate of drug-likeness (QED) is 0.237. The van der Waals surface area contributed by atoms with Crippen molar-refractivity contribution in [3.8, 4) is 17.6 Å². The molecule has 1 aliphatic heterocycles. The van der Waals surface area contributed by atoms with Gasteiger partial charge in [-0.05, 0) is 53.6 Å². The van der Waals surface area contributed by atoms with E-state index in [1.165, 1.54) is 16.8 Å². The van der Waals surface area contributed by atoms with E-state index in [1.807, 2.05) is 12.1 Å². The van der Waals surface area contributed by atoms with Gasteiger partial charge in [-0.15, -0.1) is 0 Å². The number of amides is 1. The van der Waals surface area contributed by atoms with Gasteiger partial charge in [-0.2, -0.15) is 27.2 Å². The van der Waals surface area contributed by atoms with Crippen molar-refractivity contribution in [3.05, 3.63) is 62.7 Å².